The first-order valence-electron chi connectivity index (χ1n) is 6.32. The Morgan fingerprint density at radius 3 is 2.59 bits per heavy atom. The number of amides is 2. The zero-order valence-electron chi connectivity index (χ0n) is 12.0. The molecule has 0 spiro atoms. The van der Waals surface area contributed by atoms with Crippen molar-refractivity contribution >= 4 is 17.9 Å². The van der Waals surface area contributed by atoms with Crippen LogP contribution in [-0.2, 0) is 7.05 Å². The monoisotopic (exact) mass is 302 g/mol. The first-order valence-corrected chi connectivity index (χ1v) is 6.32. The molecule has 0 saturated heterocycles. The van der Waals surface area contributed by atoms with Crippen molar-refractivity contribution in [1.29, 1.82) is 0 Å². The van der Waals surface area contributed by atoms with Gasteiger partial charge < -0.3 is 10.4 Å². The quantitative estimate of drug-likeness (QED) is 0.709. The molecule has 0 radical (unpaired) electrons. The molecule has 2 aromatic rings. The molecule has 8 nitrogen and oxygen atoms in total. The molecule has 0 aliphatic rings. The van der Waals surface area contributed by atoms with Crippen molar-refractivity contribution in [1.82, 2.24) is 9.55 Å². The highest BCUT2D eigenvalue weighted by Crippen LogP contribution is 2.09. The van der Waals surface area contributed by atoms with Crippen LogP contribution in [0.4, 0.5) is 10.5 Å². The van der Waals surface area contributed by atoms with E-state index in [4.69, 9.17) is 0 Å². The predicted molar refractivity (Wildman–Crippen MR) is 81.8 cm³/mol. The van der Waals surface area contributed by atoms with E-state index in [1.54, 1.807) is 12.1 Å². The van der Waals surface area contributed by atoms with Crippen LogP contribution in [0, 0.1) is 6.92 Å². The number of aromatic hydroxyl groups is 1. The molecule has 0 saturated carbocycles. The maximum Gasteiger partial charge on any atom is 0.345 e. The summed E-state index contributed by atoms with van der Waals surface area (Å²) in [6, 6.07) is 6.35. The maximum atomic E-state index is 11.7. The lowest BCUT2D eigenvalue weighted by Crippen LogP contribution is -2.30. The van der Waals surface area contributed by atoms with E-state index in [0.717, 1.165) is 16.3 Å². The van der Waals surface area contributed by atoms with Crippen molar-refractivity contribution in [2.24, 2.45) is 12.0 Å². The highest BCUT2D eigenvalue weighted by Gasteiger charge is 2.10. The molecule has 3 N–H and O–H groups in total. The Hall–Kier alpha value is -3.16. The van der Waals surface area contributed by atoms with Crippen LogP contribution in [0.2, 0.25) is 0 Å². The standard InChI is InChI=1S/C14H14N4O4/c1-8-3-5-9(6-4-8)16-13(21)15-7-10-11(19)17-14(22)18(2)12(10)20/h3-7,20H,1-2H3,(H,16,21)(H,17,19,22). The number of anilines is 1. The average molecular weight is 302 g/mol. The number of carbonyl (C=O) groups excluding carboxylic acids is 1. The number of carbonyl (C=O) groups is 1. The summed E-state index contributed by atoms with van der Waals surface area (Å²) >= 11 is 0. The number of aromatic amines is 1. The van der Waals surface area contributed by atoms with Gasteiger partial charge in [-0.3, -0.25) is 14.3 Å². The fraction of sp³-hybridized carbons (Fsp3) is 0.143. The van der Waals surface area contributed by atoms with Crippen molar-refractivity contribution in [3.63, 3.8) is 0 Å². The highest BCUT2D eigenvalue weighted by atomic mass is 16.3. The Balaban J connectivity index is 2.20. The second-order valence-electron chi connectivity index (χ2n) is 4.61. The first kappa shape index (κ1) is 15.2. The summed E-state index contributed by atoms with van der Waals surface area (Å²) in [4.78, 5) is 40.0. The lowest BCUT2D eigenvalue weighted by molar-refractivity contribution is 0.259. The van der Waals surface area contributed by atoms with Crippen LogP contribution in [0.15, 0.2) is 38.8 Å². The Kier molecular flexibility index (Phi) is 4.21. The van der Waals surface area contributed by atoms with E-state index in [0.29, 0.717) is 5.69 Å². The molecule has 1 aromatic carbocycles. The van der Waals surface area contributed by atoms with E-state index in [-0.39, 0.29) is 5.56 Å². The molecule has 2 rings (SSSR count). The second kappa shape index (κ2) is 6.08. The molecular formula is C14H14N4O4. The fourth-order valence-corrected chi connectivity index (χ4v) is 1.66. The second-order valence-corrected chi connectivity index (χ2v) is 4.61. The van der Waals surface area contributed by atoms with Gasteiger partial charge in [-0.1, -0.05) is 17.7 Å². The van der Waals surface area contributed by atoms with Gasteiger partial charge in [-0.05, 0) is 19.1 Å². The number of rotatable bonds is 2. The third-order valence-electron chi connectivity index (χ3n) is 2.94. The van der Waals surface area contributed by atoms with Crippen molar-refractivity contribution in [3.8, 4) is 5.88 Å². The largest absolute Gasteiger partial charge is 0.494 e. The van der Waals surface area contributed by atoms with E-state index < -0.39 is 23.2 Å². The summed E-state index contributed by atoms with van der Waals surface area (Å²) in [5, 5.41) is 12.2. The SMILES string of the molecule is Cc1ccc(NC(=O)N=Cc2c(O)n(C)c(=O)[nH]c2=O)cc1. The van der Waals surface area contributed by atoms with Gasteiger partial charge >= 0.3 is 11.7 Å². The van der Waals surface area contributed by atoms with Gasteiger partial charge in [0.2, 0.25) is 5.88 Å². The zero-order chi connectivity index (χ0) is 16.3. The summed E-state index contributed by atoms with van der Waals surface area (Å²) in [6.45, 7) is 1.92. The normalized spacial score (nSPS) is 10.8. The Labute approximate surface area is 124 Å². The van der Waals surface area contributed by atoms with Gasteiger partial charge in [-0.25, -0.2) is 14.6 Å². The Morgan fingerprint density at radius 2 is 1.95 bits per heavy atom. The number of H-pyrrole nitrogens is 1. The van der Waals surface area contributed by atoms with Crippen LogP contribution in [0.25, 0.3) is 0 Å². The van der Waals surface area contributed by atoms with Crippen LogP contribution >= 0.6 is 0 Å². The minimum Gasteiger partial charge on any atom is -0.494 e. The topological polar surface area (TPSA) is 117 Å². The van der Waals surface area contributed by atoms with E-state index >= 15 is 0 Å². The molecule has 8 heteroatoms. The molecular weight excluding hydrogens is 288 g/mol. The third kappa shape index (κ3) is 3.29. The number of urea groups is 1. The highest BCUT2D eigenvalue weighted by molar-refractivity contribution is 5.98. The third-order valence-corrected chi connectivity index (χ3v) is 2.94. The van der Waals surface area contributed by atoms with Gasteiger partial charge in [0.05, 0.1) is 6.21 Å². The summed E-state index contributed by atoms with van der Waals surface area (Å²) < 4.78 is 0.834. The van der Waals surface area contributed by atoms with Gasteiger partial charge in [-0.2, -0.15) is 0 Å². The molecule has 2 amide bonds. The molecule has 114 valence electrons. The zero-order valence-corrected chi connectivity index (χ0v) is 12.0. The van der Waals surface area contributed by atoms with E-state index in [1.807, 2.05) is 24.0 Å². The van der Waals surface area contributed by atoms with Crippen LogP contribution in [0.5, 0.6) is 5.88 Å². The van der Waals surface area contributed by atoms with Gasteiger partial charge in [0.15, 0.2) is 0 Å². The summed E-state index contributed by atoms with van der Waals surface area (Å²) in [6.07, 6.45) is 0.900. The lowest BCUT2D eigenvalue weighted by Gasteiger charge is -2.03. The molecule has 0 atom stereocenters. The van der Waals surface area contributed by atoms with Crippen LogP contribution < -0.4 is 16.6 Å². The van der Waals surface area contributed by atoms with Crippen LogP contribution in [0.1, 0.15) is 11.1 Å². The van der Waals surface area contributed by atoms with Gasteiger partial charge in [-0.15, -0.1) is 0 Å². The number of aliphatic imine (C=N–C) groups is 1. The molecule has 1 aromatic heterocycles. The molecule has 22 heavy (non-hydrogen) atoms. The van der Waals surface area contributed by atoms with Crippen molar-refractivity contribution < 1.29 is 9.90 Å². The molecule has 0 unspecified atom stereocenters. The van der Waals surface area contributed by atoms with Gasteiger partial charge in [0.1, 0.15) is 5.56 Å². The van der Waals surface area contributed by atoms with E-state index in [1.165, 1.54) is 7.05 Å². The first-order chi connectivity index (χ1) is 10.4. The molecule has 0 aliphatic heterocycles. The fourth-order valence-electron chi connectivity index (χ4n) is 1.66. The van der Waals surface area contributed by atoms with Gasteiger partial charge in [0.25, 0.3) is 5.56 Å². The number of benzene rings is 1. The van der Waals surface area contributed by atoms with Gasteiger partial charge in [0, 0.05) is 12.7 Å². The number of hydrogen-bond acceptors (Lipinski definition) is 4. The van der Waals surface area contributed by atoms with Crippen molar-refractivity contribution in [2.75, 3.05) is 5.32 Å². The molecule has 0 aliphatic carbocycles. The van der Waals surface area contributed by atoms with Crippen LogP contribution in [0.3, 0.4) is 0 Å². The van der Waals surface area contributed by atoms with Crippen molar-refractivity contribution in [3.05, 3.63) is 56.2 Å². The lowest BCUT2D eigenvalue weighted by atomic mass is 10.2. The number of aromatic nitrogens is 2. The average Bonchev–Trinajstić information content (AvgIpc) is 2.47. The molecule has 0 bridgehead atoms. The number of hydrogen-bond donors (Lipinski definition) is 3. The smallest absolute Gasteiger partial charge is 0.345 e. The van der Waals surface area contributed by atoms with E-state index in [9.17, 15) is 19.5 Å². The number of nitrogens with one attached hydrogen (secondary N) is 2. The summed E-state index contributed by atoms with van der Waals surface area (Å²) in [7, 11) is 1.28. The molecule has 1 heterocycles. The summed E-state index contributed by atoms with van der Waals surface area (Å²) in [5.41, 5.74) is -0.271. The molecule has 0 fully saturated rings. The summed E-state index contributed by atoms with van der Waals surface area (Å²) in [5.74, 6) is -0.569. The number of nitrogens with zero attached hydrogens (tertiary/aromatic N) is 2. The maximum absolute atomic E-state index is 11.7. The van der Waals surface area contributed by atoms with E-state index in [2.05, 4.69) is 10.3 Å². The Morgan fingerprint density at radius 1 is 1.32 bits per heavy atom. The minimum absolute atomic E-state index is 0.277. The predicted octanol–water partition coefficient (Wildman–Crippen LogP) is 0.739. The van der Waals surface area contributed by atoms with Crippen LogP contribution in [-0.4, -0.2) is 26.9 Å². The Bertz CT molecular complexity index is 847. The number of aryl methyl sites for hydroxylation is 1. The van der Waals surface area contributed by atoms with Crippen molar-refractivity contribution in [2.45, 2.75) is 6.92 Å². The minimum atomic E-state index is -0.826.